The topological polar surface area (TPSA) is 53.2 Å². The predicted molar refractivity (Wildman–Crippen MR) is 68.4 cm³/mol. The fourth-order valence-electron chi connectivity index (χ4n) is 1.72. The first kappa shape index (κ1) is 14.8. The number of rotatable bonds is 3. The van der Waals surface area contributed by atoms with Crippen LogP contribution in [-0.2, 0) is 17.5 Å². The zero-order valence-corrected chi connectivity index (χ0v) is 10.8. The molecule has 4 nitrogen and oxygen atoms in total. The van der Waals surface area contributed by atoms with Crippen LogP contribution in [0.1, 0.15) is 5.56 Å². The molecule has 2 aromatic rings. The summed E-state index contributed by atoms with van der Waals surface area (Å²) in [5.41, 5.74) is -0.503. The molecule has 110 valence electrons. The van der Waals surface area contributed by atoms with Crippen LogP contribution in [0.15, 0.2) is 48.8 Å². The van der Waals surface area contributed by atoms with E-state index in [1.165, 1.54) is 29.0 Å². The van der Waals surface area contributed by atoms with Crippen molar-refractivity contribution in [2.24, 2.45) is 0 Å². The van der Waals surface area contributed by atoms with E-state index < -0.39 is 17.6 Å². The minimum absolute atomic E-state index is 0.0137. The van der Waals surface area contributed by atoms with E-state index in [1.807, 2.05) is 0 Å². The number of hydrogen-bond donors (Lipinski definition) is 2. The first-order valence-corrected chi connectivity index (χ1v) is 6.00. The minimum atomic E-state index is -4.40. The number of aromatic nitrogens is 1. The highest BCUT2D eigenvalue weighted by molar-refractivity contribution is 5.89. The Balaban J connectivity index is 2.00. The maximum atomic E-state index is 12.4. The smallest absolute Gasteiger partial charge is 0.416 e. The third kappa shape index (κ3) is 4.20. The van der Waals surface area contributed by atoms with E-state index in [1.54, 1.807) is 12.3 Å². The van der Waals surface area contributed by atoms with Gasteiger partial charge in [-0.1, -0.05) is 0 Å². The Morgan fingerprint density at radius 1 is 1.19 bits per heavy atom. The van der Waals surface area contributed by atoms with Crippen molar-refractivity contribution in [3.8, 4) is 5.75 Å². The van der Waals surface area contributed by atoms with Crippen molar-refractivity contribution in [2.45, 2.75) is 12.7 Å². The number of nitrogens with one attached hydrogen (secondary N) is 1. The molecule has 0 radical (unpaired) electrons. The summed E-state index contributed by atoms with van der Waals surface area (Å²) >= 11 is 0. The van der Waals surface area contributed by atoms with Crippen molar-refractivity contribution < 1.29 is 27.6 Å². The number of nitrogens with zero attached hydrogens (tertiary/aromatic N) is 1. The summed E-state index contributed by atoms with van der Waals surface area (Å²) in [6.07, 6.45) is -1.45. The highest BCUT2D eigenvalue weighted by atomic mass is 19.4. The Labute approximate surface area is 118 Å². The predicted octanol–water partition coefficient (Wildman–Crippen LogP) is 2.34. The van der Waals surface area contributed by atoms with Gasteiger partial charge in [0, 0.05) is 11.8 Å². The fraction of sp³-hybridized carbons (Fsp3) is 0.143. The number of alkyl halides is 3. The van der Waals surface area contributed by atoms with Gasteiger partial charge >= 0.3 is 6.18 Å². The van der Waals surface area contributed by atoms with Crippen LogP contribution in [0.25, 0.3) is 0 Å². The van der Waals surface area contributed by atoms with Crippen LogP contribution < -0.4 is 9.88 Å². The van der Waals surface area contributed by atoms with Gasteiger partial charge in [-0.3, -0.25) is 4.79 Å². The number of aromatic hydroxyl groups is 1. The van der Waals surface area contributed by atoms with Gasteiger partial charge in [-0.25, -0.2) is 0 Å². The summed E-state index contributed by atoms with van der Waals surface area (Å²) in [5.74, 6) is -0.398. The third-order valence-electron chi connectivity index (χ3n) is 2.66. The molecule has 1 aromatic heterocycles. The first-order chi connectivity index (χ1) is 9.84. The maximum absolute atomic E-state index is 12.4. The van der Waals surface area contributed by atoms with Gasteiger partial charge in [0.2, 0.25) is 12.7 Å². The Hall–Kier alpha value is -2.57. The number of carbonyl (C=O) groups excluding carboxylic acids is 1. The first-order valence-electron chi connectivity index (χ1n) is 6.00. The largest absolute Gasteiger partial charge is 0.503 e. The number of benzene rings is 1. The number of pyridine rings is 1. The van der Waals surface area contributed by atoms with Crippen molar-refractivity contribution in [3.63, 3.8) is 0 Å². The molecule has 0 spiro atoms. The van der Waals surface area contributed by atoms with E-state index in [4.69, 9.17) is 0 Å². The quantitative estimate of drug-likeness (QED) is 0.854. The average Bonchev–Trinajstić information content (AvgIpc) is 2.38. The van der Waals surface area contributed by atoms with Gasteiger partial charge in [-0.05, 0) is 30.3 Å². The van der Waals surface area contributed by atoms with Gasteiger partial charge in [0.05, 0.1) is 5.56 Å². The highest BCUT2D eigenvalue weighted by Crippen LogP contribution is 2.29. The Morgan fingerprint density at radius 3 is 2.43 bits per heavy atom. The molecule has 0 fully saturated rings. The van der Waals surface area contributed by atoms with Crippen LogP contribution in [0.4, 0.5) is 18.9 Å². The van der Waals surface area contributed by atoms with Crippen LogP contribution in [0, 0.1) is 0 Å². The van der Waals surface area contributed by atoms with Crippen molar-refractivity contribution in [1.82, 2.24) is 0 Å². The second-order valence-corrected chi connectivity index (χ2v) is 4.36. The van der Waals surface area contributed by atoms with Crippen molar-refractivity contribution in [2.75, 3.05) is 5.32 Å². The molecule has 1 heterocycles. The zero-order valence-electron chi connectivity index (χ0n) is 10.8. The third-order valence-corrected chi connectivity index (χ3v) is 2.66. The van der Waals surface area contributed by atoms with E-state index >= 15 is 0 Å². The lowest BCUT2D eigenvalue weighted by Crippen LogP contribution is -2.39. The number of amides is 1. The van der Waals surface area contributed by atoms with Crippen LogP contribution in [0.2, 0.25) is 0 Å². The molecule has 0 aliphatic heterocycles. The normalized spacial score (nSPS) is 11.2. The SMILES string of the molecule is O=C(C[n+]1cccc(O)c1)Nc1ccc(C(F)(F)F)cc1. The summed E-state index contributed by atoms with van der Waals surface area (Å²) in [6, 6.07) is 7.21. The summed E-state index contributed by atoms with van der Waals surface area (Å²) in [4.78, 5) is 11.7. The number of anilines is 1. The Kier molecular flexibility index (Phi) is 4.11. The molecule has 0 aliphatic rings. The Bertz CT molecular complexity index is 639. The lowest BCUT2D eigenvalue weighted by atomic mass is 10.2. The van der Waals surface area contributed by atoms with E-state index in [0.717, 1.165) is 12.1 Å². The molecule has 0 unspecified atom stereocenters. The van der Waals surface area contributed by atoms with Crippen molar-refractivity contribution >= 4 is 11.6 Å². The Morgan fingerprint density at radius 2 is 1.86 bits per heavy atom. The van der Waals surface area contributed by atoms with Gasteiger partial charge in [0.1, 0.15) is 0 Å². The van der Waals surface area contributed by atoms with Crippen LogP contribution >= 0.6 is 0 Å². The number of hydrogen-bond acceptors (Lipinski definition) is 2. The summed E-state index contributed by atoms with van der Waals surface area (Å²) in [7, 11) is 0. The zero-order chi connectivity index (χ0) is 15.5. The summed E-state index contributed by atoms with van der Waals surface area (Å²) in [5, 5.41) is 11.7. The molecule has 0 saturated carbocycles. The van der Waals surface area contributed by atoms with E-state index in [9.17, 15) is 23.1 Å². The van der Waals surface area contributed by atoms with Crippen LogP contribution in [-0.4, -0.2) is 11.0 Å². The van der Waals surface area contributed by atoms with Crippen molar-refractivity contribution in [3.05, 3.63) is 54.4 Å². The van der Waals surface area contributed by atoms with Gasteiger partial charge in [-0.2, -0.15) is 17.7 Å². The molecule has 0 atom stereocenters. The standard InChI is InChI=1S/C14H11F3N2O2/c15-14(16,17)10-3-5-11(6-4-10)18-13(21)9-19-7-1-2-12(20)8-19/h1-8H,9H2,(H-,18,20,21)/p+1. The fourth-order valence-corrected chi connectivity index (χ4v) is 1.72. The molecular weight excluding hydrogens is 285 g/mol. The number of halogens is 3. The van der Waals surface area contributed by atoms with Gasteiger partial charge < -0.3 is 10.4 Å². The van der Waals surface area contributed by atoms with Crippen LogP contribution in [0.5, 0.6) is 5.75 Å². The van der Waals surface area contributed by atoms with Crippen molar-refractivity contribution in [1.29, 1.82) is 0 Å². The number of carbonyl (C=O) groups is 1. The second-order valence-electron chi connectivity index (χ2n) is 4.36. The summed E-state index contributed by atoms with van der Waals surface area (Å²) < 4.78 is 38.6. The minimum Gasteiger partial charge on any atom is -0.503 e. The molecule has 0 saturated heterocycles. The van der Waals surface area contributed by atoms with E-state index in [2.05, 4.69) is 5.32 Å². The average molecular weight is 297 g/mol. The van der Waals surface area contributed by atoms with Gasteiger partial charge in [0.25, 0.3) is 5.91 Å². The second kappa shape index (κ2) is 5.82. The molecule has 1 amide bonds. The van der Waals surface area contributed by atoms with E-state index in [-0.39, 0.29) is 18.0 Å². The molecule has 0 bridgehead atoms. The monoisotopic (exact) mass is 297 g/mol. The molecule has 21 heavy (non-hydrogen) atoms. The summed E-state index contributed by atoms with van der Waals surface area (Å²) in [6.45, 7) is -0.0601. The highest BCUT2D eigenvalue weighted by Gasteiger charge is 2.30. The molecular formula is C14H12F3N2O2+. The maximum Gasteiger partial charge on any atom is 0.416 e. The molecule has 2 rings (SSSR count). The van der Waals surface area contributed by atoms with E-state index in [0.29, 0.717) is 0 Å². The molecule has 0 aliphatic carbocycles. The molecule has 7 heteroatoms. The lowest BCUT2D eigenvalue weighted by Gasteiger charge is -2.08. The van der Waals surface area contributed by atoms with Gasteiger partial charge in [0.15, 0.2) is 11.9 Å². The molecule has 2 N–H and O–H groups in total. The lowest BCUT2D eigenvalue weighted by molar-refractivity contribution is -0.684. The van der Waals surface area contributed by atoms with Crippen LogP contribution in [0.3, 0.4) is 0 Å². The molecule has 1 aromatic carbocycles. The van der Waals surface area contributed by atoms with Gasteiger partial charge in [-0.15, -0.1) is 0 Å².